The molecule has 0 radical (unpaired) electrons. The molecule has 1 aliphatic heterocycles. The average molecular weight is 219 g/mol. The zero-order chi connectivity index (χ0) is 11.6. The van der Waals surface area contributed by atoms with Crippen LogP contribution in [0, 0.1) is 0 Å². The van der Waals surface area contributed by atoms with Crippen molar-refractivity contribution >= 4 is 0 Å². The zero-order valence-electron chi connectivity index (χ0n) is 10.2. The first-order valence-electron chi connectivity index (χ1n) is 6.09. The minimum absolute atomic E-state index is 0.270. The fourth-order valence-electron chi connectivity index (χ4n) is 2.24. The van der Waals surface area contributed by atoms with Crippen LogP contribution in [0.4, 0.5) is 0 Å². The number of hydrogen-bond donors (Lipinski definition) is 1. The normalized spacial score (nSPS) is 26.0. The molecule has 1 saturated heterocycles. The molecule has 0 aliphatic carbocycles. The molecule has 2 N–H and O–H groups in total. The lowest BCUT2D eigenvalue weighted by molar-refractivity contribution is 0.0367. The molecule has 0 aromatic heterocycles. The van der Waals surface area contributed by atoms with Crippen LogP contribution in [0.5, 0.6) is 0 Å². The SMILES string of the molecule is CC(C)c1ccc(C2(N)CCCOC2)cc1. The first kappa shape index (κ1) is 11.6. The van der Waals surface area contributed by atoms with Crippen molar-refractivity contribution in [2.75, 3.05) is 13.2 Å². The van der Waals surface area contributed by atoms with Gasteiger partial charge in [0.15, 0.2) is 0 Å². The molecule has 1 fully saturated rings. The maximum Gasteiger partial charge on any atom is 0.0688 e. The highest BCUT2D eigenvalue weighted by molar-refractivity contribution is 5.30. The molecule has 2 rings (SSSR count). The number of nitrogens with two attached hydrogens (primary N) is 1. The van der Waals surface area contributed by atoms with Crippen molar-refractivity contribution in [3.05, 3.63) is 35.4 Å². The van der Waals surface area contributed by atoms with Crippen LogP contribution in [0.15, 0.2) is 24.3 Å². The third-order valence-electron chi connectivity index (χ3n) is 3.42. The molecule has 1 unspecified atom stereocenters. The molecule has 1 atom stereocenters. The quantitative estimate of drug-likeness (QED) is 0.830. The summed E-state index contributed by atoms with van der Waals surface area (Å²) in [4.78, 5) is 0. The number of ether oxygens (including phenoxy) is 1. The molecule has 1 heterocycles. The maximum absolute atomic E-state index is 6.38. The zero-order valence-corrected chi connectivity index (χ0v) is 10.2. The predicted octanol–water partition coefficient (Wildman–Crippen LogP) is 2.77. The molecule has 88 valence electrons. The molecule has 1 aromatic rings. The fourth-order valence-corrected chi connectivity index (χ4v) is 2.24. The van der Waals surface area contributed by atoms with Crippen LogP contribution in [0.1, 0.15) is 43.7 Å². The van der Waals surface area contributed by atoms with Gasteiger partial charge in [-0.05, 0) is 29.9 Å². The van der Waals surface area contributed by atoms with E-state index in [0.29, 0.717) is 12.5 Å². The second kappa shape index (κ2) is 4.56. The van der Waals surface area contributed by atoms with Crippen molar-refractivity contribution in [3.8, 4) is 0 Å². The van der Waals surface area contributed by atoms with E-state index >= 15 is 0 Å². The molecular weight excluding hydrogens is 198 g/mol. The third kappa shape index (κ3) is 2.28. The van der Waals surface area contributed by atoms with Gasteiger partial charge in [0.2, 0.25) is 0 Å². The van der Waals surface area contributed by atoms with Crippen LogP contribution in [0.3, 0.4) is 0 Å². The van der Waals surface area contributed by atoms with E-state index in [0.717, 1.165) is 19.4 Å². The van der Waals surface area contributed by atoms with E-state index in [1.54, 1.807) is 0 Å². The van der Waals surface area contributed by atoms with Gasteiger partial charge in [0.1, 0.15) is 0 Å². The van der Waals surface area contributed by atoms with E-state index in [2.05, 4.69) is 38.1 Å². The van der Waals surface area contributed by atoms with Gasteiger partial charge in [0.25, 0.3) is 0 Å². The average Bonchev–Trinajstić information content (AvgIpc) is 2.30. The van der Waals surface area contributed by atoms with E-state index < -0.39 is 0 Å². The van der Waals surface area contributed by atoms with E-state index in [-0.39, 0.29) is 5.54 Å². The number of rotatable bonds is 2. The standard InChI is InChI=1S/C14H21NO/c1-11(2)12-4-6-13(7-5-12)14(15)8-3-9-16-10-14/h4-7,11H,3,8-10,15H2,1-2H3. The van der Waals surface area contributed by atoms with Gasteiger partial charge in [-0.15, -0.1) is 0 Å². The molecule has 1 aromatic carbocycles. The molecule has 0 spiro atoms. The summed E-state index contributed by atoms with van der Waals surface area (Å²) in [6.45, 7) is 5.91. The van der Waals surface area contributed by atoms with Gasteiger partial charge in [0.05, 0.1) is 12.1 Å². The van der Waals surface area contributed by atoms with Crippen LogP contribution in [0.25, 0.3) is 0 Å². The van der Waals surface area contributed by atoms with Crippen LogP contribution in [-0.2, 0) is 10.3 Å². The van der Waals surface area contributed by atoms with E-state index in [4.69, 9.17) is 10.5 Å². The Morgan fingerprint density at radius 2 is 1.94 bits per heavy atom. The monoisotopic (exact) mass is 219 g/mol. The van der Waals surface area contributed by atoms with Gasteiger partial charge < -0.3 is 10.5 Å². The summed E-state index contributed by atoms with van der Waals surface area (Å²) in [6, 6.07) is 8.68. The topological polar surface area (TPSA) is 35.2 Å². The second-order valence-electron chi connectivity index (χ2n) is 5.09. The lowest BCUT2D eigenvalue weighted by atomic mass is 9.85. The van der Waals surface area contributed by atoms with Crippen molar-refractivity contribution in [2.24, 2.45) is 5.73 Å². The highest BCUT2D eigenvalue weighted by atomic mass is 16.5. The summed E-state index contributed by atoms with van der Waals surface area (Å²) < 4.78 is 5.49. The summed E-state index contributed by atoms with van der Waals surface area (Å²) in [5, 5.41) is 0. The van der Waals surface area contributed by atoms with Gasteiger partial charge in [-0.2, -0.15) is 0 Å². The first-order valence-corrected chi connectivity index (χ1v) is 6.09. The van der Waals surface area contributed by atoms with Crippen LogP contribution < -0.4 is 5.73 Å². The molecule has 0 amide bonds. The molecule has 0 bridgehead atoms. The second-order valence-corrected chi connectivity index (χ2v) is 5.09. The van der Waals surface area contributed by atoms with Gasteiger partial charge in [-0.1, -0.05) is 38.1 Å². The Bertz CT molecular complexity index is 336. The first-order chi connectivity index (χ1) is 7.62. The Hall–Kier alpha value is -0.860. The summed E-state index contributed by atoms with van der Waals surface area (Å²) in [5.41, 5.74) is 8.68. The molecule has 1 aliphatic rings. The van der Waals surface area contributed by atoms with Crippen molar-refractivity contribution in [1.29, 1.82) is 0 Å². The Morgan fingerprint density at radius 1 is 1.25 bits per heavy atom. The summed E-state index contributed by atoms with van der Waals surface area (Å²) >= 11 is 0. The number of benzene rings is 1. The van der Waals surface area contributed by atoms with Crippen LogP contribution in [-0.4, -0.2) is 13.2 Å². The van der Waals surface area contributed by atoms with E-state index in [1.807, 2.05) is 0 Å². The maximum atomic E-state index is 6.38. The fraction of sp³-hybridized carbons (Fsp3) is 0.571. The van der Waals surface area contributed by atoms with Crippen molar-refractivity contribution < 1.29 is 4.74 Å². The summed E-state index contributed by atoms with van der Waals surface area (Å²) in [7, 11) is 0. The Morgan fingerprint density at radius 3 is 2.44 bits per heavy atom. The molecule has 2 heteroatoms. The number of hydrogen-bond acceptors (Lipinski definition) is 2. The molecule has 16 heavy (non-hydrogen) atoms. The molecule has 2 nitrogen and oxygen atoms in total. The van der Waals surface area contributed by atoms with Crippen LogP contribution in [0.2, 0.25) is 0 Å². The Labute approximate surface area is 97.8 Å². The minimum atomic E-state index is -0.270. The largest absolute Gasteiger partial charge is 0.379 e. The highest BCUT2D eigenvalue weighted by Crippen LogP contribution is 2.28. The summed E-state index contributed by atoms with van der Waals surface area (Å²) in [5.74, 6) is 0.574. The van der Waals surface area contributed by atoms with Crippen LogP contribution >= 0.6 is 0 Å². The minimum Gasteiger partial charge on any atom is -0.379 e. The van der Waals surface area contributed by atoms with Crippen molar-refractivity contribution in [2.45, 2.75) is 38.1 Å². The third-order valence-corrected chi connectivity index (χ3v) is 3.42. The smallest absolute Gasteiger partial charge is 0.0688 e. The Balaban J connectivity index is 2.20. The van der Waals surface area contributed by atoms with Crippen molar-refractivity contribution in [1.82, 2.24) is 0 Å². The van der Waals surface area contributed by atoms with Gasteiger partial charge in [-0.25, -0.2) is 0 Å². The van der Waals surface area contributed by atoms with E-state index in [1.165, 1.54) is 11.1 Å². The Kier molecular flexibility index (Phi) is 3.31. The lowest BCUT2D eigenvalue weighted by Crippen LogP contribution is -2.44. The van der Waals surface area contributed by atoms with Crippen molar-refractivity contribution in [3.63, 3.8) is 0 Å². The van der Waals surface area contributed by atoms with Gasteiger partial charge >= 0.3 is 0 Å². The van der Waals surface area contributed by atoms with Gasteiger partial charge in [0, 0.05) is 6.61 Å². The van der Waals surface area contributed by atoms with E-state index in [9.17, 15) is 0 Å². The predicted molar refractivity (Wildman–Crippen MR) is 66.4 cm³/mol. The molecular formula is C14H21NO. The molecule has 0 saturated carbocycles. The lowest BCUT2D eigenvalue weighted by Gasteiger charge is -2.33. The highest BCUT2D eigenvalue weighted by Gasteiger charge is 2.30. The van der Waals surface area contributed by atoms with Gasteiger partial charge in [-0.3, -0.25) is 0 Å². The summed E-state index contributed by atoms with van der Waals surface area (Å²) in [6.07, 6.45) is 2.08.